The van der Waals surface area contributed by atoms with E-state index in [9.17, 15) is 14.4 Å². The van der Waals surface area contributed by atoms with Crippen LogP contribution in [0.25, 0.3) is 0 Å². The second kappa shape index (κ2) is 12.9. The molecule has 2 N–H and O–H groups in total. The molecule has 2 atom stereocenters. The van der Waals surface area contributed by atoms with E-state index in [0.717, 1.165) is 22.3 Å². The third-order valence-corrected chi connectivity index (χ3v) is 12.6. The summed E-state index contributed by atoms with van der Waals surface area (Å²) in [6, 6.07) is 25.8. The predicted molar refractivity (Wildman–Crippen MR) is 167 cm³/mol. The molecule has 0 unspecified atom stereocenters. The van der Waals surface area contributed by atoms with E-state index in [1.54, 1.807) is 11.8 Å². The van der Waals surface area contributed by atoms with Gasteiger partial charge in [-0.1, -0.05) is 84.9 Å². The summed E-state index contributed by atoms with van der Waals surface area (Å²) < 4.78 is 20.9. The number of hydrogen-bond acceptors (Lipinski definition) is 6. The normalized spacial score (nSPS) is 19.1. The van der Waals surface area contributed by atoms with Crippen LogP contribution in [-0.4, -0.2) is 65.1 Å². The Labute approximate surface area is 253 Å². The second-order valence-corrected chi connectivity index (χ2v) is 14.9. The Kier molecular flexibility index (Phi) is 9.19. The number of ether oxygens (including phenoxy) is 1. The summed E-state index contributed by atoms with van der Waals surface area (Å²) in [5.41, 5.74) is 9.99. The number of nitrogens with two attached hydrogens (primary N) is 1. The Morgan fingerprint density at radius 2 is 1.44 bits per heavy atom. The lowest BCUT2D eigenvalue weighted by Crippen LogP contribution is -2.58. The Hall–Kier alpha value is -3.74. The highest BCUT2D eigenvalue weighted by Gasteiger charge is 2.62. The van der Waals surface area contributed by atoms with Crippen molar-refractivity contribution in [1.82, 2.24) is 9.80 Å². The smallest absolute Gasteiger partial charge is 0.339 e. The maximum atomic E-state index is 15.5. The standard InChI is InChI=1S/C34H40N3O5P/c1-25(35)32(39)36(30-20-28-16-9-10-17-29(28)21-30)22-31(38)37-19-11-18-34(37,33(40)42-2)43(41,23-26-12-5-3-6-13-26)24-27-14-7-4-8-15-27/h3-10,12-17,25,30H,11,18-24,35H2,1-2H3/t25-,34+/m0/s1. The molecular weight excluding hydrogens is 561 g/mol. The first-order chi connectivity index (χ1) is 20.7. The quantitative estimate of drug-likeness (QED) is 0.269. The predicted octanol–water partition coefficient (Wildman–Crippen LogP) is 4.58. The van der Waals surface area contributed by atoms with Crippen LogP contribution >= 0.6 is 7.14 Å². The van der Waals surface area contributed by atoms with Gasteiger partial charge in [-0.25, -0.2) is 4.79 Å². The van der Waals surface area contributed by atoms with Crippen molar-refractivity contribution < 1.29 is 23.7 Å². The van der Waals surface area contributed by atoms with Gasteiger partial charge in [0.25, 0.3) is 0 Å². The summed E-state index contributed by atoms with van der Waals surface area (Å²) in [6.07, 6.45) is 2.20. The van der Waals surface area contributed by atoms with Crippen LogP contribution in [0.4, 0.5) is 0 Å². The van der Waals surface area contributed by atoms with Crippen molar-refractivity contribution in [3.8, 4) is 0 Å². The van der Waals surface area contributed by atoms with E-state index in [1.165, 1.54) is 12.0 Å². The first-order valence-corrected chi connectivity index (χ1v) is 16.9. The average molecular weight is 602 g/mol. The molecule has 2 amide bonds. The number of nitrogens with zero attached hydrogens (tertiary/aromatic N) is 2. The van der Waals surface area contributed by atoms with Crippen LogP contribution in [0.3, 0.4) is 0 Å². The van der Waals surface area contributed by atoms with Gasteiger partial charge in [0.2, 0.25) is 11.8 Å². The molecule has 1 aliphatic carbocycles. The van der Waals surface area contributed by atoms with Crippen molar-refractivity contribution in [2.24, 2.45) is 5.73 Å². The molecule has 9 heteroatoms. The molecule has 1 heterocycles. The van der Waals surface area contributed by atoms with Gasteiger partial charge in [-0.05, 0) is 54.9 Å². The fourth-order valence-corrected chi connectivity index (χ4v) is 10.7. The molecule has 1 fully saturated rings. The lowest BCUT2D eigenvalue weighted by Gasteiger charge is -2.43. The topological polar surface area (TPSA) is 110 Å². The highest BCUT2D eigenvalue weighted by molar-refractivity contribution is 7.65. The van der Waals surface area contributed by atoms with Gasteiger partial charge in [-0.15, -0.1) is 0 Å². The molecule has 3 aromatic carbocycles. The molecule has 1 aliphatic heterocycles. The van der Waals surface area contributed by atoms with Crippen molar-refractivity contribution in [2.45, 2.75) is 62.3 Å². The summed E-state index contributed by atoms with van der Waals surface area (Å²) in [5, 5.41) is -1.66. The van der Waals surface area contributed by atoms with E-state index in [2.05, 4.69) is 0 Å². The Balaban J connectivity index is 1.53. The van der Waals surface area contributed by atoms with E-state index < -0.39 is 30.3 Å². The van der Waals surface area contributed by atoms with Gasteiger partial charge in [0.15, 0.2) is 5.28 Å². The number of methoxy groups -OCH3 is 1. The number of esters is 1. The van der Waals surface area contributed by atoms with E-state index in [4.69, 9.17) is 10.5 Å². The zero-order chi connectivity index (χ0) is 30.6. The van der Waals surface area contributed by atoms with Crippen LogP contribution in [0.2, 0.25) is 0 Å². The minimum absolute atomic E-state index is 0.127. The van der Waals surface area contributed by atoms with Gasteiger partial charge in [0.1, 0.15) is 13.7 Å². The Bertz CT molecular complexity index is 1440. The lowest BCUT2D eigenvalue weighted by atomic mass is 10.1. The van der Waals surface area contributed by atoms with Crippen LogP contribution in [0.15, 0.2) is 84.9 Å². The van der Waals surface area contributed by atoms with Crippen molar-refractivity contribution in [1.29, 1.82) is 0 Å². The number of rotatable bonds is 10. The molecular formula is C34H40N3O5P. The number of fused-ring (bicyclic) bond motifs is 1. The third kappa shape index (κ3) is 6.04. The summed E-state index contributed by atoms with van der Waals surface area (Å²) in [6.45, 7) is 1.60. The highest BCUT2D eigenvalue weighted by atomic mass is 31.2. The molecule has 8 nitrogen and oxygen atoms in total. The van der Waals surface area contributed by atoms with Crippen molar-refractivity contribution in [3.05, 3.63) is 107 Å². The fourth-order valence-electron chi connectivity index (χ4n) is 6.81. The minimum Gasteiger partial charge on any atom is -0.467 e. The molecule has 0 spiro atoms. The first-order valence-electron chi connectivity index (χ1n) is 14.9. The van der Waals surface area contributed by atoms with Gasteiger partial charge >= 0.3 is 5.97 Å². The van der Waals surface area contributed by atoms with E-state index in [-0.39, 0.29) is 43.8 Å². The largest absolute Gasteiger partial charge is 0.467 e. The number of hydrogen-bond donors (Lipinski definition) is 1. The van der Waals surface area contributed by atoms with E-state index >= 15 is 4.57 Å². The van der Waals surface area contributed by atoms with Gasteiger partial charge in [0, 0.05) is 24.9 Å². The second-order valence-electron chi connectivity index (χ2n) is 11.7. The number of benzene rings is 3. The fraction of sp³-hybridized carbons (Fsp3) is 0.382. The minimum atomic E-state index is -3.58. The first kappa shape index (κ1) is 30.7. The Morgan fingerprint density at radius 1 is 0.930 bits per heavy atom. The zero-order valence-corrected chi connectivity index (χ0v) is 25.7. The van der Waals surface area contributed by atoms with Crippen LogP contribution < -0.4 is 5.73 Å². The summed E-state index contributed by atoms with van der Waals surface area (Å²) in [5.74, 6) is -1.42. The van der Waals surface area contributed by atoms with Crippen molar-refractivity contribution >= 4 is 24.9 Å². The number of carbonyl (C=O) groups is 3. The SMILES string of the molecule is COC(=O)[C@]1(P(=O)(Cc2ccccc2)Cc2ccccc2)CCCN1C(=O)CN(C(=O)[C@H](C)N)C1Cc2ccccc2C1. The van der Waals surface area contributed by atoms with Gasteiger partial charge in [-0.2, -0.15) is 0 Å². The molecule has 5 rings (SSSR count). The molecule has 0 saturated carbocycles. The van der Waals surface area contributed by atoms with Crippen LogP contribution in [0.5, 0.6) is 0 Å². The van der Waals surface area contributed by atoms with Crippen LogP contribution in [0, 0.1) is 0 Å². The molecule has 226 valence electrons. The maximum Gasteiger partial charge on any atom is 0.339 e. The highest BCUT2D eigenvalue weighted by Crippen LogP contribution is 2.67. The Morgan fingerprint density at radius 3 is 1.93 bits per heavy atom. The molecule has 2 aliphatic rings. The summed E-state index contributed by atoms with van der Waals surface area (Å²) in [7, 11) is -2.30. The van der Waals surface area contributed by atoms with Gasteiger partial charge in [0.05, 0.1) is 13.2 Å². The third-order valence-electron chi connectivity index (χ3n) is 8.85. The number of amides is 2. The molecule has 0 radical (unpaired) electrons. The molecule has 43 heavy (non-hydrogen) atoms. The van der Waals surface area contributed by atoms with Crippen LogP contribution in [0.1, 0.15) is 42.0 Å². The average Bonchev–Trinajstić information content (AvgIpc) is 3.66. The number of likely N-dealkylation sites (tertiary alicyclic amines) is 1. The monoisotopic (exact) mass is 601 g/mol. The van der Waals surface area contributed by atoms with Crippen molar-refractivity contribution in [2.75, 3.05) is 20.2 Å². The number of carbonyl (C=O) groups excluding carboxylic acids is 3. The summed E-state index contributed by atoms with van der Waals surface area (Å²) in [4.78, 5) is 44.8. The summed E-state index contributed by atoms with van der Waals surface area (Å²) >= 11 is 0. The molecule has 3 aromatic rings. The van der Waals surface area contributed by atoms with Gasteiger partial charge in [-0.3, -0.25) is 9.59 Å². The van der Waals surface area contributed by atoms with E-state index in [0.29, 0.717) is 19.3 Å². The maximum absolute atomic E-state index is 15.5. The molecule has 0 bridgehead atoms. The zero-order valence-electron chi connectivity index (χ0n) is 24.9. The van der Waals surface area contributed by atoms with E-state index in [1.807, 2.05) is 84.9 Å². The van der Waals surface area contributed by atoms with Crippen LogP contribution in [-0.2, 0) is 48.9 Å². The van der Waals surface area contributed by atoms with Gasteiger partial charge < -0.3 is 24.8 Å². The molecule has 0 aromatic heterocycles. The van der Waals surface area contributed by atoms with Crippen molar-refractivity contribution in [3.63, 3.8) is 0 Å². The lowest BCUT2D eigenvalue weighted by molar-refractivity contribution is -0.155. The molecule has 1 saturated heterocycles.